The van der Waals surface area contributed by atoms with Crippen molar-refractivity contribution in [1.29, 1.82) is 0 Å². The van der Waals surface area contributed by atoms with Gasteiger partial charge in [-0.3, -0.25) is 4.98 Å². The van der Waals surface area contributed by atoms with Crippen LogP contribution in [0, 0.1) is 13.0 Å². The van der Waals surface area contributed by atoms with Crippen molar-refractivity contribution in [2.75, 3.05) is 0 Å². The van der Waals surface area contributed by atoms with Crippen LogP contribution in [-0.2, 0) is 0 Å². The lowest BCUT2D eigenvalue weighted by atomic mass is 10.1. The van der Waals surface area contributed by atoms with Gasteiger partial charge < -0.3 is 0 Å². The molecule has 2 heterocycles. The van der Waals surface area contributed by atoms with E-state index in [9.17, 15) is 0 Å². The molecule has 0 aliphatic rings. The molecule has 3 heteroatoms. The van der Waals surface area contributed by atoms with Crippen LogP contribution < -0.4 is 0 Å². The summed E-state index contributed by atoms with van der Waals surface area (Å²) in [5.41, 5.74) is 4.75. The summed E-state index contributed by atoms with van der Waals surface area (Å²) >= 11 is 1.58. The molecule has 2 aromatic rings. The van der Waals surface area contributed by atoms with Crippen molar-refractivity contribution in [3.63, 3.8) is 0 Å². The molecule has 0 N–H and O–H groups in total. The number of thiazole rings is 1. The number of aryl methyl sites for hydroxylation is 1. The number of nitrogens with zero attached hydrogens (tertiary/aromatic N) is 2. The highest BCUT2D eigenvalue weighted by molar-refractivity contribution is 7.07. The average molecular weight is 175 g/mol. The van der Waals surface area contributed by atoms with Gasteiger partial charge in [-0.2, -0.15) is 0 Å². The minimum absolute atomic E-state index is 0.964. The van der Waals surface area contributed by atoms with Gasteiger partial charge in [0, 0.05) is 22.8 Å². The van der Waals surface area contributed by atoms with E-state index >= 15 is 0 Å². The highest BCUT2D eigenvalue weighted by Crippen LogP contribution is 2.19. The maximum absolute atomic E-state index is 4.19. The molecule has 0 fully saturated rings. The Morgan fingerprint density at radius 1 is 1.42 bits per heavy atom. The molecule has 0 amide bonds. The molecule has 0 unspecified atom stereocenters. The minimum atomic E-state index is 0.964. The van der Waals surface area contributed by atoms with Crippen molar-refractivity contribution in [2.45, 2.75) is 6.92 Å². The highest BCUT2D eigenvalue weighted by Gasteiger charge is 2.02. The predicted octanol–water partition coefficient (Wildman–Crippen LogP) is 2.31. The van der Waals surface area contributed by atoms with Crippen LogP contribution in [0.1, 0.15) is 5.69 Å². The molecular weight excluding hydrogens is 168 g/mol. The Morgan fingerprint density at radius 2 is 2.33 bits per heavy atom. The van der Waals surface area contributed by atoms with Gasteiger partial charge in [-0.25, -0.2) is 4.98 Å². The van der Waals surface area contributed by atoms with Crippen LogP contribution in [0.5, 0.6) is 0 Å². The van der Waals surface area contributed by atoms with Gasteiger partial charge in [0.25, 0.3) is 0 Å². The van der Waals surface area contributed by atoms with Crippen LogP contribution in [0.4, 0.5) is 0 Å². The van der Waals surface area contributed by atoms with Crippen LogP contribution in [0.25, 0.3) is 11.3 Å². The van der Waals surface area contributed by atoms with Crippen LogP contribution in [0.3, 0.4) is 0 Å². The number of hydrogen-bond donors (Lipinski definition) is 0. The molecule has 0 atom stereocenters. The molecule has 0 saturated carbocycles. The van der Waals surface area contributed by atoms with Crippen LogP contribution in [-0.4, -0.2) is 9.97 Å². The number of hydrogen-bond acceptors (Lipinski definition) is 3. The van der Waals surface area contributed by atoms with Crippen LogP contribution in [0.2, 0.25) is 0 Å². The summed E-state index contributed by atoms with van der Waals surface area (Å²) in [6.07, 6.45) is 1.74. The van der Waals surface area contributed by atoms with Gasteiger partial charge in [0.2, 0.25) is 0 Å². The Balaban J connectivity index is 2.55. The summed E-state index contributed by atoms with van der Waals surface area (Å²) in [4.78, 5) is 8.36. The predicted molar refractivity (Wildman–Crippen MR) is 48.9 cm³/mol. The summed E-state index contributed by atoms with van der Waals surface area (Å²) in [5, 5.41) is 2.00. The normalized spacial score (nSPS) is 10.1. The molecule has 0 aliphatic carbocycles. The third kappa shape index (κ3) is 1.23. The smallest absolute Gasteiger partial charge is 0.0835 e. The Kier molecular flexibility index (Phi) is 1.87. The lowest BCUT2D eigenvalue weighted by molar-refractivity contribution is 1.19. The number of rotatable bonds is 1. The van der Waals surface area contributed by atoms with Gasteiger partial charge in [-0.05, 0) is 19.1 Å². The molecule has 2 aromatic heterocycles. The van der Waals surface area contributed by atoms with Gasteiger partial charge in [0.15, 0.2) is 0 Å². The molecular formula is C9H7N2S. The van der Waals surface area contributed by atoms with Crippen molar-refractivity contribution in [3.8, 4) is 11.3 Å². The molecule has 2 rings (SSSR count). The summed E-state index contributed by atoms with van der Waals surface area (Å²) in [6, 6.07) is 4.93. The van der Waals surface area contributed by atoms with Crippen molar-refractivity contribution in [1.82, 2.24) is 9.97 Å². The zero-order chi connectivity index (χ0) is 8.39. The zero-order valence-electron chi connectivity index (χ0n) is 6.61. The lowest BCUT2D eigenvalue weighted by Gasteiger charge is -1.98. The molecule has 0 bridgehead atoms. The Hall–Kier alpha value is -1.22. The van der Waals surface area contributed by atoms with Crippen molar-refractivity contribution in [3.05, 3.63) is 34.9 Å². The average Bonchev–Trinajstić information content (AvgIpc) is 2.57. The van der Waals surface area contributed by atoms with E-state index in [2.05, 4.69) is 16.0 Å². The summed E-state index contributed by atoms with van der Waals surface area (Å²) in [6.45, 7) is 1.96. The molecule has 2 nitrogen and oxygen atoms in total. The quantitative estimate of drug-likeness (QED) is 0.664. The topological polar surface area (TPSA) is 25.8 Å². The second-order valence-corrected chi connectivity index (χ2v) is 3.14. The fraction of sp³-hybridized carbons (Fsp3) is 0.111. The van der Waals surface area contributed by atoms with E-state index in [1.165, 1.54) is 0 Å². The van der Waals surface area contributed by atoms with Crippen LogP contribution >= 0.6 is 11.3 Å². The Labute approximate surface area is 74.9 Å². The van der Waals surface area contributed by atoms with E-state index in [0.29, 0.717) is 0 Å². The van der Waals surface area contributed by atoms with Crippen molar-refractivity contribution < 1.29 is 0 Å². The van der Waals surface area contributed by atoms with E-state index in [0.717, 1.165) is 17.0 Å². The van der Waals surface area contributed by atoms with E-state index in [-0.39, 0.29) is 0 Å². The fourth-order valence-corrected chi connectivity index (χ4v) is 1.58. The maximum atomic E-state index is 4.19. The molecule has 0 aromatic carbocycles. The summed E-state index contributed by atoms with van der Waals surface area (Å²) in [7, 11) is 0. The standard InChI is InChI=1S/C9H7N2S/c1-7-8(3-2-4-10-7)9-5-12-6-11-9/h2,4-6H,1H3. The van der Waals surface area contributed by atoms with Gasteiger partial charge in [0.1, 0.15) is 0 Å². The van der Waals surface area contributed by atoms with E-state index < -0.39 is 0 Å². The van der Waals surface area contributed by atoms with Gasteiger partial charge in [-0.15, -0.1) is 11.3 Å². The van der Waals surface area contributed by atoms with Gasteiger partial charge in [-0.1, -0.05) is 0 Å². The first-order chi connectivity index (χ1) is 5.88. The molecule has 12 heavy (non-hydrogen) atoms. The first kappa shape index (κ1) is 7.43. The summed E-state index contributed by atoms with van der Waals surface area (Å²) < 4.78 is 0. The first-order valence-electron chi connectivity index (χ1n) is 3.60. The molecule has 59 valence electrons. The monoisotopic (exact) mass is 175 g/mol. The van der Waals surface area contributed by atoms with Crippen LogP contribution in [0.15, 0.2) is 23.2 Å². The van der Waals surface area contributed by atoms with E-state index in [1.54, 1.807) is 17.5 Å². The van der Waals surface area contributed by atoms with E-state index in [1.807, 2.05) is 23.9 Å². The van der Waals surface area contributed by atoms with Crippen molar-refractivity contribution in [2.24, 2.45) is 0 Å². The molecule has 0 saturated heterocycles. The zero-order valence-corrected chi connectivity index (χ0v) is 7.43. The second kappa shape index (κ2) is 3.03. The molecule has 0 spiro atoms. The third-order valence-electron chi connectivity index (χ3n) is 1.62. The lowest BCUT2D eigenvalue weighted by Crippen LogP contribution is -1.85. The Morgan fingerprint density at radius 3 is 3.00 bits per heavy atom. The first-order valence-corrected chi connectivity index (χ1v) is 4.54. The molecule has 0 aliphatic heterocycles. The second-order valence-electron chi connectivity index (χ2n) is 2.42. The third-order valence-corrected chi connectivity index (χ3v) is 2.21. The van der Waals surface area contributed by atoms with Gasteiger partial charge in [0.05, 0.1) is 11.2 Å². The highest BCUT2D eigenvalue weighted by atomic mass is 32.1. The fourth-order valence-electron chi connectivity index (χ4n) is 1.03. The number of pyridine rings is 1. The number of aromatic nitrogens is 2. The maximum Gasteiger partial charge on any atom is 0.0835 e. The molecule has 1 radical (unpaired) electrons. The SMILES string of the molecule is Cc1ncc[c]c1-c1cscn1. The summed E-state index contributed by atoms with van der Waals surface area (Å²) in [5.74, 6) is 0. The largest absolute Gasteiger partial charge is 0.261 e. The van der Waals surface area contributed by atoms with E-state index in [4.69, 9.17) is 0 Å². The Bertz CT molecular complexity index is 368. The van der Waals surface area contributed by atoms with Crippen molar-refractivity contribution >= 4 is 11.3 Å². The minimum Gasteiger partial charge on any atom is -0.261 e. The van der Waals surface area contributed by atoms with Gasteiger partial charge >= 0.3 is 0 Å².